The molecule has 0 radical (unpaired) electrons. The van der Waals surface area contributed by atoms with Crippen LogP contribution in [0.15, 0.2) is 24.3 Å². The molecular weight excluding hydrogens is 266 g/mol. The lowest BCUT2D eigenvalue weighted by atomic mass is 10.1. The van der Waals surface area contributed by atoms with Gasteiger partial charge in [-0.05, 0) is 38.7 Å². The van der Waals surface area contributed by atoms with Crippen LogP contribution in [0, 0.1) is 6.92 Å². The molecule has 1 aromatic rings. The van der Waals surface area contributed by atoms with Gasteiger partial charge in [0.05, 0.1) is 0 Å². The molecule has 4 nitrogen and oxygen atoms in total. The van der Waals surface area contributed by atoms with E-state index in [0.29, 0.717) is 6.42 Å². The maximum absolute atomic E-state index is 12.2. The van der Waals surface area contributed by atoms with Crippen LogP contribution < -0.4 is 0 Å². The zero-order chi connectivity index (χ0) is 15.8. The second-order valence-electron chi connectivity index (χ2n) is 5.51. The van der Waals surface area contributed by atoms with Gasteiger partial charge >= 0.3 is 5.97 Å². The third-order valence-electron chi connectivity index (χ3n) is 3.73. The first-order valence-electron chi connectivity index (χ1n) is 7.50. The largest absolute Gasteiger partial charge is 0.480 e. The zero-order valence-corrected chi connectivity index (χ0v) is 13.1. The Labute approximate surface area is 126 Å². The number of benzene rings is 1. The van der Waals surface area contributed by atoms with Crippen molar-refractivity contribution in [3.63, 3.8) is 0 Å². The molecule has 0 bridgehead atoms. The summed E-state index contributed by atoms with van der Waals surface area (Å²) in [6.07, 6.45) is 2.74. The van der Waals surface area contributed by atoms with E-state index >= 15 is 0 Å². The fraction of sp³-hybridized carbons (Fsp3) is 0.529. The second-order valence-corrected chi connectivity index (χ2v) is 5.51. The Bertz CT molecular complexity index is 467. The Balaban J connectivity index is 2.49. The summed E-state index contributed by atoms with van der Waals surface area (Å²) in [5.41, 5.74) is 2.43. The third-order valence-corrected chi connectivity index (χ3v) is 3.73. The molecule has 0 heterocycles. The van der Waals surface area contributed by atoms with Crippen molar-refractivity contribution in [2.24, 2.45) is 0 Å². The third kappa shape index (κ3) is 5.98. The van der Waals surface area contributed by atoms with Crippen LogP contribution in [0.2, 0.25) is 0 Å². The fourth-order valence-corrected chi connectivity index (χ4v) is 2.20. The van der Waals surface area contributed by atoms with Crippen LogP contribution >= 0.6 is 0 Å². The maximum atomic E-state index is 12.2. The summed E-state index contributed by atoms with van der Waals surface area (Å²) in [5, 5.41) is 8.91. The SMILES string of the molecule is CCC(C)N(CC(=O)O)C(=O)CCCc1ccc(C)cc1. The standard InChI is InChI=1S/C17H25NO3/c1-4-14(3)18(12-17(20)21)16(19)7-5-6-15-10-8-13(2)9-11-15/h8-11,14H,4-7,12H2,1-3H3,(H,20,21). The van der Waals surface area contributed by atoms with Crippen LogP contribution in [-0.4, -0.2) is 34.5 Å². The number of hydrogen-bond donors (Lipinski definition) is 1. The molecule has 0 saturated heterocycles. The van der Waals surface area contributed by atoms with Crippen molar-refractivity contribution in [2.45, 2.75) is 52.5 Å². The van der Waals surface area contributed by atoms with E-state index in [1.54, 1.807) is 0 Å². The van der Waals surface area contributed by atoms with E-state index in [1.807, 2.05) is 20.8 Å². The highest BCUT2D eigenvalue weighted by atomic mass is 16.4. The lowest BCUT2D eigenvalue weighted by Gasteiger charge is -2.27. The monoisotopic (exact) mass is 291 g/mol. The fourth-order valence-electron chi connectivity index (χ4n) is 2.20. The molecule has 1 amide bonds. The van der Waals surface area contributed by atoms with Gasteiger partial charge in [0.2, 0.25) is 5.91 Å². The summed E-state index contributed by atoms with van der Waals surface area (Å²) in [6.45, 7) is 5.68. The maximum Gasteiger partial charge on any atom is 0.323 e. The van der Waals surface area contributed by atoms with Crippen LogP contribution in [0.1, 0.15) is 44.2 Å². The van der Waals surface area contributed by atoms with Crippen molar-refractivity contribution in [3.8, 4) is 0 Å². The molecule has 0 fully saturated rings. The minimum Gasteiger partial charge on any atom is -0.480 e. The number of amides is 1. The second kappa shape index (κ2) is 8.45. The van der Waals surface area contributed by atoms with Crippen LogP contribution in [-0.2, 0) is 16.0 Å². The van der Waals surface area contributed by atoms with Crippen LogP contribution in [0.25, 0.3) is 0 Å². The smallest absolute Gasteiger partial charge is 0.323 e. The van der Waals surface area contributed by atoms with E-state index in [4.69, 9.17) is 5.11 Å². The molecule has 0 saturated carbocycles. The highest BCUT2D eigenvalue weighted by molar-refractivity contribution is 5.81. The minimum absolute atomic E-state index is 0.0343. The predicted molar refractivity (Wildman–Crippen MR) is 83.2 cm³/mol. The highest BCUT2D eigenvalue weighted by Gasteiger charge is 2.20. The molecule has 21 heavy (non-hydrogen) atoms. The summed E-state index contributed by atoms with van der Waals surface area (Å²) in [6, 6.07) is 8.24. The Morgan fingerprint density at radius 1 is 1.24 bits per heavy atom. The summed E-state index contributed by atoms with van der Waals surface area (Å²) < 4.78 is 0. The Morgan fingerprint density at radius 2 is 1.86 bits per heavy atom. The molecule has 116 valence electrons. The Morgan fingerprint density at radius 3 is 2.38 bits per heavy atom. The molecule has 0 aliphatic rings. The first kappa shape index (κ1) is 17.2. The van der Waals surface area contributed by atoms with E-state index in [2.05, 4.69) is 24.3 Å². The van der Waals surface area contributed by atoms with E-state index in [-0.39, 0.29) is 18.5 Å². The van der Waals surface area contributed by atoms with E-state index < -0.39 is 5.97 Å². The van der Waals surface area contributed by atoms with Crippen molar-refractivity contribution in [3.05, 3.63) is 35.4 Å². The molecule has 1 N–H and O–H groups in total. The van der Waals surface area contributed by atoms with Gasteiger partial charge in [-0.1, -0.05) is 36.8 Å². The van der Waals surface area contributed by atoms with Gasteiger partial charge in [0.1, 0.15) is 6.54 Å². The molecule has 0 spiro atoms. The number of carbonyl (C=O) groups is 2. The lowest BCUT2D eigenvalue weighted by Crippen LogP contribution is -2.41. The average molecular weight is 291 g/mol. The number of carboxylic acid groups (broad SMARTS) is 1. The van der Waals surface area contributed by atoms with Crippen molar-refractivity contribution in [2.75, 3.05) is 6.54 Å². The van der Waals surface area contributed by atoms with Gasteiger partial charge in [0.15, 0.2) is 0 Å². The molecule has 0 aliphatic carbocycles. The number of aryl methyl sites for hydroxylation is 2. The van der Waals surface area contributed by atoms with Crippen LogP contribution in [0.4, 0.5) is 0 Å². The molecule has 1 unspecified atom stereocenters. The van der Waals surface area contributed by atoms with Gasteiger partial charge < -0.3 is 10.0 Å². The number of nitrogens with zero attached hydrogens (tertiary/aromatic N) is 1. The summed E-state index contributed by atoms with van der Waals surface area (Å²) >= 11 is 0. The van der Waals surface area contributed by atoms with Gasteiger partial charge in [-0.2, -0.15) is 0 Å². The van der Waals surface area contributed by atoms with Gasteiger partial charge in [-0.25, -0.2) is 0 Å². The zero-order valence-electron chi connectivity index (χ0n) is 13.1. The summed E-state index contributed by atoms with van der Waals surface area (Å²) in [5.74, 6) is -1.03. The predicted octanol–water partition coefficient (Wildman–Crippen LogP) is 3.03. The molecule has 1 atom stereocenters. The Kier molecular flexibility index (Phi) is 6.92. The lowest BCUT2D eigenvalue weighted by molar-refractivity contribution is -0.146. The molecule has 0 aliphatic heterocycles. The molecule has 0 aromatic heterocycles. The quantitative estimate of drug-likeness (QED) is 0.801. The molecule has 4 heteroatoms. The van der Waals surface area contributed by atoms with Crippen molar-refractivity contribution in [1.82, 2.24) is 4.90 Å². The highest BCUT2D eigenvalue weighted by Crippen LogP contribution is 2.11. The van der Waals surface area contributed by atoms with Crippen LogP contribution in [0.3, 0.4) is 0 Å². The molecule has 1 aromatic carbocycles. The topological polar surface area (TPSA) is 57.6 Å². The van der Waals surface area contributed by atoms with E-state index in [9.17, 15) is 9.59 Å². The number of carboxylic acids is 1. The number of aliphatic carboxylic acids is 1. The molecular formula is C17H25NO3. The van der Waals surface area contributed by atoms with Gasteiger partial charge in [0, 0.05) is 12.5 Å². The Hall–Kier alpha value is -1.84. The van der Waals surface area contributed by atoms with E-state index in [1.165, 1.54) is 16.0 Å². The first-order valence-corrected chi connectivity index (χ1v) is 7.50. The summed E-state index contributed by atoms with van der Waals surface area (Å²) in [4.78, 5) is 24.5. The van der Waals surface area contributed by atoms with Crippen molar-refractivity contribution in [1.29, 1.82) is 0 Å². The van der Waals surface area contributed by atoms with Crippen LogP contribution in [0.5, 0.6) is 0 Å². The number of hydrogen-bond acceptors (Lipinski definition) is 2. The van der Waals surface area contributed by atoms with Crippen molar-refractivity contribution >= 4 is 11.9 Å². The van der Waals surface area contributed by atoms with Gasteiger partial charge in [-0.3, -0.25) is 9.59 Å². The minimum atomic E-state index is -0.956. The number of carbonyl (C=O) groups excluding carboxylic acids is 1. The van der Waals surface area contributed by atoms with Gasteiger partial charge in [-0.15, -0.1) is 0 Å². The number of rotatable bonds is 8. The van der Waals surface area contributed by atoms with Gasteiger partial charge in [0.25, 0.3) is 0 Å². The van der Waals surface area contributed by atoms with E-state index in [0.717, 1.165) is 19.3 Å². The summed E-state index contributed by atoms with van der Waals surface area (Å²) in [7, 11) is 0. The first-order chi connectivity index (χ1) is 9.93. The normalized spacial score (nSPS) is 12.0. The average Bonchev–Trinajstić information content (AvgIpc) is 2.45. The van der Waals surface area contributed by atoms with Crippen molar-refractivity contribution < 1.29 is 14.7 Å². The molecule has 1 rings (SSSR count).